The summed E-state index contributed by atoms with van der Waals surface area (Å²) in [6.07, 6.45) is -4.21. The number of alkyl halides is 3. The van der Waals surface area contributed by atoms with Crippen molar-refractivity contribution in [1.29, 1.82) is 5.41 Å². The molecule has 0 fully saturated rings. The van der Waals surface area contributed by atoms with Crippen LogP contribution in [0.4, 0.5) is 18.9 Å². The molecule has 0 spiro atoms. The molecule has 10 heteroatoms. The van der Waals surface area contributed by atoms with Crippen molar-refractivity contribution in [2.24, 2.45) is 5.92 Å². The molecule has 0 bridgehead atoms. The maximum Gasteiger partial charge on any atom is 0.432 e. The molecule has 2 aromatic carbocycles. The van der Waals surface area contributed by atoms with Crippen molar-refractivity contribution >= 4 is 40.6 Å². The van der Waals surface area contributed by atoms with Gasteiger partial charge in [0, 0.05) is 17.8 Å². The van der Waals surface area contributed by atoms with Crippen LogP contribution in [0, 0.1) is 11.3 Å². The first-order valence-corrected chi connectivity index (χ1v) is 9.37. The van der Waals surface area contributed by atoms with Crippen LogP contribution in [0.1, 0.15) is 22.8 Å². The van der Waals surface area contributed by atoms with Crippen LogP contribution in [0.25, 0.3) is 5.70 Å². The van der Waals surface area contributed by atoms with Gasteiger partial charge in [0.05, 0.1) is 16.6 Å². The Kier molecular flexibility index (Phi) is 7.82. The van der Waals surface area contributed by atoms with E-state index < -0.39 is 29.7 Å². The van der Waals surface area contributed by atoms with Crippen molar-refractivity contribution in [1.82, 2.24) is 5.32 Å². The van der Waals surface area contributed by atoms with Gasteiger partial charge < -0.3 is 15.7 Å². The van der Waals surface area contributed by atoms with Crippen LogP contribution < -0.4 is 10.6 Å². The predicted octanol–water partition coefficient (Wildman–Crippen LogP) is 4.83. The van der Waals surface area contributed by atoms with Crippen LogP contribution in [0.2, 0.25) is 5.02 Å². The molecule has 2 aromatic rings. The van der Waals surface area contributed by atoms with E-state index in [0.29, 0.717) is 11.8 Å². The number of carboxylic acid groups (broad SMARTS) is 1. The van der Waals surface area contributed by atoms with Crippen molar-refractivity contribution in [2.45, 2.75) is 13.1 Å². The third-order valence-electron chi connectivity index (χ3n) is 4.19. The number of para-hydroxylation sites is 1. The number of carbonyl (C=O) groups excluding carboxylic acids is 1. The Morgan fingerprint density at radius 3 is 2.26 bits per heavy atom. The average molecular weight is 454 g/mol. The van der Waals surface area contributed by atoms with Crippen LogP contribution in [0.15, 0.2) is 54.6 Å². The van der Waals surface area contributed by atoms with E-state index >= 15 is 0 Å². The Bertz CT molecular complexity index is 1000. The molecule has 1 atom stereocenters. The number of amides is 1. The van der Waals surface area contributed by atoms with Crippen LogP contribution in [0.5, 0.6) is 0 Å². The van der Waals surface area contributed by atoms with Gasteiger partial charge in [-0.3, -0.25) is 15.0 Å². The molecular formula is C21H19ClF3N3O3. The van der Waals surface area contributed by atoms with Gasteiger partial charge in [-0.2, -0.15) is 13.2 Å². The van der Waals surface area contributed by atoms with E-state index in [1.807, 2.05) is 0 Å². The highest BCUT2D eigenvalue weighted by Crippen LogP contribution is 2.27. The van der Waals surface area contributed by atoms with Crippen LogP contribution in [-0.4, -0.2) is 35.4 Å². The zero-order chi connectivity index (χ0) is 23.2. The normalized spacial score (nSPS) is 12.7. The summed E-state index contributed by atoms with van der Waals surface area (Å²) in [6.45, 7) is 1.37. The van der Waals surface area contributed by atoms with Crippen molar-refractivity contribution < 1.29 is 27.9 Å². The fourth-order valence-corrected chi connectivity index (χ4v) is 2.54. The molecule has 0 heterocycles. The molecule has 31 heavy (non-hydrogen) atoms. The minimum atomic E-state index is -4.84. The number of hydrogen-bond donors (Lipinski definition) is 4. The van der Waals surface area contributed by atoms with E-state index in [2.05, 4.69) is 10.6 Å². The number of rotatable bonds is 8. The van der Waals surface area contributed by atoms with Crippen molar-refractivity contribution in [3.05, 3.63) is 70.8 Å². The fourth-order valence-electron chi connectivity index (χ4n) is 2.36. The molecule has 0 saturated heterocycles. The number of anilines is 1. The first-order chi connectivity index (χ1) is 14.5. The highest BCUT2D eigenvalue weighted by atomic mass is 35.5. The second kappa shape index (κ2) is 10.1. The molecule has 164 valence electrons. The average Bonchev–Trinajstić information content (AvgIpc) is 2.72. The smallest absolute Gasteiger partial charge is 0.432 e. The summed E-state index contributed by atoms with van der Waals surface area (Å²) in [5, 5.41) is 21.7. The molecule has 0 aliphatic rings. The standard InChI is InChI=1S/C21H19ClF3N3O3/c1-12(20(30)31)11-27-19(29)14-8-6-13(7-9-14)17(10-18(26)21(23,24)25)28-16-5-3-2-4-15(16)22/h2-10,12,26,28H,11H2,1H3,(H,27,29)(H,30,31)/b17-10-,26-18?. The molecule has 1 unspecified atom stereocenters. The molecule has 0 aromatic heterocycles. The highest BCUT2D eigenvalue weighted by molar-refractivity contribution is 6.33. The summed E-state index contributed by atoms with van der Waals surface area (Å²) < 4.78 is 38.7. The number of benzene rings is 2. The van der Waals surface area contributed by atoms with Gasteiger partial charge >= 0.3 is 12.1 Å². The largest absolute Gasteiger partial charge is 0.481 e. The van der Waals surface area contributed by atoms with Crippen LogP contribution in [-0.2, 0) is 4.79 Å². The Morgan fingerprint density at radius 2 is 1.71 bits per heavy atom. The number of aliphatic carboxylic acids is 1. The lowest BCUT2D eigenvalue weighted by Gasteiger charge is -2.15. The topological polar surface area (TPSA) is 102 Å². The summed E-state index contributed by atoms with van der Waals surface area (Å²) in [6, 6.07) is 12.0. The number of hydrogen-bond acceptors (Lipinski definition) is 4. The molecular weight excluding hydrogens is 435 g/mol. The highest BCUT2D eigenvalue weighted by Gasteiger charge is 2.33. The molecule has 6 nitrogen and oxygen atoms in total. The van der Waals surface area contributed by atoms with Gasteiger partial charge in [-0.15, -0.1) is 0 Å². The van der Waals surface area contributed by atoms with E-state index in [4.69, 9.17) is 22.1 Å². The maximum atomic E-state index is 12.9. The maximum absolute atomic E-state index is 12.9. The Labute approximate surface area is 181 Å². The van der Waals surface area contributed by atoms with Gasteiger partial charge in [0.25, 0.3) is 5.91 Å². The molecule has 4 N–H and O–H groups in total. The summed E-state index contributed by atoms with van der Waals surface area (Å²) in [5.74, 6) is -2.35. The van der Waals surface area contributed by atoms with Crippen molar-refractivity contribution in [3.63, 3.8) is 0 Å². The zero-order valence-corrected chi connectivity index (χ0v) is 17.0. The summed E-state index contributed by atoms with van der Waals surface area (Å²) in [7, 11) is 0. The summed E-state index contributed by atoms with van der Waals surface area (Å²) in [5.41, 5.74) is -0.781. The molecule has 0 aliphatic heterocycles. The number of carboxylic acids is 1. The number of allylic oxidation sites excluding steroid dienone is 1. The Balaban J connectivity index is 2.29. The predicted molar refractivity (Wildman–Crippen MR) is 112 cm³/mol. The van der Waals surface area contributed by atoms with Gasteiger partial charge in [0.1, 0.15) is 5.71 Å². The second-order valence-electron chi connectivity index (χ2n) is 6.60. The monoisotopic (exact) mass is 453 g/mol. The third-order valence-corrected chi connectivity index (χ3v) is 4.52. The van der Waals surface area contributed by atoms with E-state index in [1.165, 1.54) is 31.2 Å². The Hall–Kier alpha value is -3.33. The van der Waals surface area contributed by atoms with Crippen molar-refractivity contribution in [2.75, 3.05) is 11.9 Å². The lowest BCUT2D eigenvalue weighted by Crippen LogP contribution is -2.31. The van der Waals surface area contributed by atoms with E-state index in [1.54, 1.807) is 24.3 Å². The molecule has 0 radical (unpaired) electrons. The quantitative estimate of drug-likeness (QED) is 0.430. The lowest BCUT2D eigenvalue weighted by molar-refractivity contribution is -0.140. The number of nitrogens with one attached hydrogen (secondary N) is 3. The zero-order valence-electron chi connectivity index (χ0n) is 16.3. The van der Waals surface area contributed by atoms with Gasteiger partial charge in [0.15, 0.2) is 0 Å². The SMILES string of the molecule is CC(CNC(=O)c1ccc(/C(=C/C(=N)C(F)(F)F)Nc2ccccc2Cl)cc1)C(=O)O. The Morgan fingerprint density at radius 1 is 1.13 bits per heavy atom. The first-order valence-electron chi connectivity index (χ1n) is 8.99. The van der Waals surface area contributed by atoms with E-state index in [-0.39, 0.29) is 28.4 Å². The fraction of sp³-hybridized carbons (Fsp3) is 0.190. The van der Waals surface area contributed by atoms with Gasteiger partial charge in [0.2, 0.25) is 0 Å². The third kappa shape index (κ3) is 6.85. The molecule has 1 amide bonds. The minimum Gasteiger partial charge on any atom is -0.481 e. The summed E-state index contributed by atoms with van der Waals surface area (Å²) >= 11 is 6.07. The van der Waals surface area contributed by atoms with Gasteiger partial charge in [-0.1, -0.05) is 42.8 Å². The molecule has 2 rings (SSSR count). The number of carbonyl (C=O) groups is 2. The molecule has 0 saturated carbocycles. The number of halogens is 4. The minimum absolute atomic E-state index is 0.0399. The van der Waals surface area contributed by atoms with Crippen molar-refractivity contribution in [3.8, 4) is 0 Å². The first kappa shape index (κ1) is 23.9. The summed E-state index contributed by atoms with van der Waals surface area (Å²) in [4.78, 5) is 23.0. The van der Waals surface area contributed by atoms with Crippen LogP contribution in [0.3, 0.4) is 0 Å². The van der Waals surface area contributed by atoms with E-state index in [9.17, 15) is 22.8 Å². The van der Waals surface area contributed by atoms with Gasteiger partial charge in [-0.25, -0.2) is 0 Å². The lowest BCUT2D eigenvalue weighted by atomic mass is 10.1. The van der Waals surface area contributed by atoms with Crippen LogP contribution >= 0.6 is 11.6 Å². The second-order valence-corrected chi connectivity index (χ2v) is 7.01. The van der Waals surface area contributed by atoms with Gasteiger partial charge in [-0.05, 0) is 35.9 Å². The van der Waals surface area contributed by atoms with E-state index in [0.717, 1.165) is 0 Å². The molecule has 0 aliphatic carbocycles.